The zero-order chi connectivity index (χ0) is 15.7. The second kappa shape index (κ2) is 6.18. The van der Waals surface area contributed by atoms with E-state index in [0.29, 0.717) is 5.56 Å². The van der Waals surface area contributed by atoms with Gasteiger partial charge in [-0.15, -0.1) is 11.3 Å². The summed E-state index contributed by atoms with van der Waals surface area (Å²) in [5, 5.41) is 7.17. The number of H-pyrrole nitrogens is 1. The number of rotatable bonds is 4. The highest BCUT2D eigenvalue weighted by Crippen LogP contribution is 2.34. The molecule has 3 heterocycles. The first-order chi connectivity index (χ1) is 10.6. The van der Waals surface area contributed by atoms with Gasteiger partial charge in [0.05, 0.1) is 34.7 Å². The molecule has 7 heteroatoms. The van der Waals surface area contributed by atoms with Crippen LogP contribution >= 0.6 is 11.3 Å². The molecular formula is C15H21N5OS. The van der Waals surface area contributed by atoms with Crippen LogP contribution in [0.25, 0.3) is 0 Å². The molecule has 1 atom stereocenters. The molecule has 2 aromatic heterocycles. The lowest BCUT2D eigenvalue weighted by Crippen LogP contribution is -2.27. The van der Waals surface area contributed by atoms with Gasteiger partial charge in [-0.2, -0.15) is 5.10 Å². The van der Waals surface area contributed by atoms with Crippen LogP contribution in [0.2, 0.25) is 0 Å². The fourth-order valence-electron chi connectivity index (χ4n) is 2.97. The summed E-state index contributed by atoms with van der Waals surface area (Å²) < 4.78 is 0. The van der Waals surface area contributed by atoms with Crippen molar-refractivity contribution in [3.63, 3.8) is 0 Å². The number of aromatic amines is 1. The zero-order valence-electron chi connectivity index (χ0n) is 13.2. The van der Waals surface area contributed by atoms with Crippen molar-refractivity contribution in [2.75, 3.05) is 20.6 Å². The largest absolute Gasteiger partial charge is 0.345 e. The van der Waals surface area contributed by atoms with Gasteiger partial charge in [-0.05, 0) is 26.3 Å². The maximum Gasteiger partial charge on any atom is 0.256 e. The van der Waals surface area contributed by atoms with Crippen LogP contribution in [0.3, 0.4) is 0 Å². The van der Waals surface area contributed by atoms with E-state index in [1.165, 1.54) is 4.88 Å². The van der Waals surface area contributed by atoms with Gasteiger partial charge in [-0.25, -0.2) is 4.98 Å². The number of aromatic nitrogens is 3. The van der Waals surface area contributed by atoms with Crippen LogP contribution in [0, 0.1) is 6.92 Å². The van der Waals surface area contributed by atoms with E-state index < -0.39 is 0 Å². The number of likely N-dealkylation sites (tertiary alicyclic amines) is 1. The van der Waals surface area contributed by atoms with Gasteiger partial charge < -0.3 is 4.90 Å². The molecule has 1 unspecified atom stereocenters. The minimum Gasteiger partial charge on any atom is -0.345 e. The van der Waals surface area contributed by atoms with Gasteiger partial charge in [0.2, 0.25) is 0 Å². The number of nitrogens with zero attached hydrogens (tertiary/aromatic N) is 4. The van der Waals surface area contributed by atoms with Crippen molar-refractivity contribution in [3.05, 3.63) is 33.5 Å². The Morgan fingerprint density at radius 1 is 1.55 bits per heavy atom. The number of thiazole rings is 1. The van der Waals surface area contributed by atoms with Crippen LogP contribution in [0.4, 0.5) is 0 Å². The van der Waals surface area contributed by atoms with Crippen LogP contribution < -0.4 is 0 Å². The molecule has 118 valence electrons. The van der Waals surface area contributed by atoms with Gasteiger partial charge in [-0.3, -0.25) is 14.8 Å². The predicted molar refractivity (Wildman–Crippen MR) is 85.8 cm³/mol. The molecule has 0 aliphatic carbocycles. The van der Waals surface area contributed by atoms with Gasteiger partial charge in [0.25, 0.3) is 5.91 Å². The Morgan fingerprint density at radius 2 is 2.36 bits per heavy atom. The van der Waals surface area contributed by atoms with E-state index in [2.05, 4.69) is 20.1 Å². The van der Waals surface area contributed by atoms with Gasteiger partial charge in [0, 0.05) is 25.5 Å². The van der Waals surface area contributed by atoms with E-state index in [9.17, 15) is 4.79 Å². The molecule has 0 aromatic carbocycles. The van der Waals surface area contributed by atoms with Gasteiger partial charge in [0.15, 0.2) is 0 Å². The van der Waals surface area contributed by atoms with Gasteiger partial charge in [-0.1, -0.05) is 0 Å². The van der Waals surface area contributed by atoms with Crippen molar-refractivity contribution >= 4 is 17.2 Å². The SMILES string of the molecule is Cc1ncsc1CN1CCCC1c1[nH]ncc1C(=O)N(C)C. The number of aryl methyl sites for hydroxylation is 1. The standard InChI is InChI=1S/C15H21N5OS/c1-10-13(22-9-16-10)8-20-6-4-5-12(20)14-11(7-17-18-14)15(21)19(2)3/h7,9,12H,4-6,8H2,1-3H3,(H,17,18). The highest BCUT2D eigenvalue weighted by Gasteiger charge is 2.31. The molecule has 0 spiro atoms. The molecule has 1 N–H and O–H groups in total. The third-order valence-electron chi connectivity index (χ3n) is 4.19. The predicted octanol–water partition coefficient (Wildman–Crippen LogP) is 2.21. The second-order valence-corrected chi connectivity index (χ2v) is 6.83. The lowest BCUT2D eigenvalue weighted by molar-refractivity contribution is 0.0824. The molecule has 0 radical (unpaired) electrons. The van der Waals surface area contributed by atoms with Crippen LogP contribution in [-0.4, -0.2) is 51.5 Å². The Morgan fingerprint density at radius 3 is 3.05 bits per heavy atom. The van der Waals surface area contributed by atoms with Crippen LogP contribution in [0.15, 0.2) is 11.7 Å². The molecular weight excluding hydrogens is 298 g/mol. The first-order valence-electron chi connectivity index (χ1n) is 7.46. The average molecular weight is 319 g/mol. The summed E-state index contributed by atoms with van der Waals surface area (Å²) in [7, 11) is 3.54. The van der Waals surface area contributed by atoms with Crippen molar-refractivity contribution < 1.29 is 4.79 Å². The molecule has 1 amide bonds. The highest BCUT2D eigenvalue weighted by molar-refractivity contribution is 7.09. The molecule has 0 saturated carbocycles. The van der Waals surface area contributed by atoms with E-state index in [1.807, 2.05) is 12.4 Å². The maximum absolute atomic E-state index is 12.3. The first-order valence-corrected chi connectivity index (χ1v) is 8.34. The quantitative estimate of drug-likeness (QED) is 0.938. The smallest absolute Gasteiger partial charge is 0.256 e. The molecule has 1 aliphatic heterocycles. The molecule has 22 heavy (non-hydrogen) atoms. The Balaban J connectivity index is 1.83. The first kappa shape index (κ1) is 15.2. The van der Waals surface area contributed by atoms with Crippen molar-refractivity contribution in [2.45, 2.75) is 32.4 Å². The summed E-state index contributed by atoms with van der Waals surface area (Å²) in [6, 6.07) is 0.225. The maximum atomic E-state index is 12.3. The van der Waals surface area contributed by atoms with E-state index >= 15 is 0 Å². The molecule has 1 saturated heterocycles. The van der Waals surface area contributed by atoms with E-state index in [0.717, 1.165) is 37.3 Å². The third-order valence-corrected chi connectivity index (χ3v) is 5.11. The van der Waals surface area contributed by atoms with Crippen molar-refractivity contribution in [1.29, 1.82) is 0 Å². The van der Waals surface area contributed by atoms with E-state index in [1.54, 1.807) is 36.5 Å². The van der Waals surface area contributed by atoms with Crippen LogP contribution in [-0.2, 0) is 6.54 Å². The Bertz CT molecular complexity index is 662. The van der Waals surface area contributed by atoms with Crippen molar-refractivity contribution in [1.82, 2.24) is 25.0 Å². The highest BCUT2D eigenvalue weighted by atomic mass is 32.1. The molecule has 1 aliphatic rings. The fourth-order valence-corrected chi connectivity index (χ4v) is 3.77. The Kier molecular flexibility index (Phi) is 4.26. The topological polar surface area (TPSA) is 65.1 Å². The monoisotopic (exact) mass is 319 g/mol. The summed E-state index contributed by atoms with van der Waals surface area (Å²) in [4.78, 5) is 21.9. The van der Waals surface area contributed by atoms with Crippen LogP contribution in [0.5, 0.6) is 0 Å². The summed E-state index contributed by atoms with van der Waals surface area (Å²) in [5.41, 5.74) is 4.62. The van der Waals surface area contributed by atoms with Gasteiger partial charge >= 0.3 is 0 Å². The minimum atomic E-state index is 0.00423. The van der Waals surface area contributed by atoms with Crippen LogP contribution in [0.1, 0.15) is 45.5 Å². The molecule has 1 fully saturated rings. The zero-order valence-corrected chi connectivity index (χ0v) is 14.0. The van der Waals surface area contributed by atoms with Gasteiger partial charge in [0.1, 0.15) is 0 Å². The van der Waals surface area contributed by atoms with Crippen molar-refractivity contribution in [2.24, 2.45) is 0 Å². The summed E-state index contributed by atoms with van der Waals surface area (Å²) in [6.45, 7) is 3.97. The summed E-state index contributed by atoms with van der Waals surface area (Å²) in [5.74, 6) is 0.00423. The number of amides is 1. The minimum absolute atomic E-state index is 0.00423. The number of carbonyl (C=O) groups is 1. The fraction of sp³-hybridized carbons (Fsp3) is 0.533. The van der Waals surface area contributed by atoms with E-state index in [-0.39, 0.29) is 11.9 Å². The number of hydrogen-bond acceptors (Lipinski definition) is 5. The Labute approximate surface area is 134 Å². The molecule has 3 rings (SSSR count). The molecule has 6 nitrogen and oxygen atoms in total. The third kappa shape index (κ3) is 2.78. The number of nitrogens with one attached hydrogen (secondary N) is 1. The lowest BCUT2D eigenvalue weighted by Gasteiger charge is -2.24. The summed E-state index contributed by atoms with van der Waals surface area (Å²) >= 11 is 1.70. The summed E-state index contributed by atoms with van der Waals surface area (Å²) in [6.07, 6.45) is 3.83. The molecule has 2 aromatic rings. The lowest BCUT2D eigenvalue weighted by atomic mass is 10.1. The average Bonchev–Trinajstić information content (AvgIpc) is 3.20. The van der Waals surface area contributed by atoms with E-state index in [4.69, 9.17) is 0 Å². The second-order valence-electron chi connectivity index (χ2n) is 5.89. The Hall–Kier alpha value is -1.73. The molecule has 0 bridgehead atoms. The van der Waals surface area contributed by atoms with Crippen molar-refractivity contribution in [3.8, 4) is 0 Å². The normalized spacial score (nSPS) is 18.8. The number of carbonyl (C=O) groups excluding carboxylic acids is 1. The number of hydrogen-bond donors (Lipinski definition) is 1.